The third-order valence-corrected chi connectivity index (χ3v) is 2.42. The van der Waals surface area contributed by atoms with Crippen molar-refractivity contribution in [2.45, 2.75) is 13.5 Å². The monoisotopic (exact) mass is 228 g/mol. The van der Waals surface area contributed by atoms with Crippen LogP contribution in [0.25, 0.3) is 0 Å². The first kappa shape index (κ1) is 11.6. The molecule has 0 fully saturated rings. The third kappa shape index (κ3) is 3.89. The molecule has 88 valence electrons. The van der Waals surface area contributed by atoms with E-state index in [1.54, 1.807) is 6.20 Å². The van der Waals surface area contributed by atoms with E-state index in [2.05, 4.69) is 29.4 Å². The maximum atomic E-state index is 5.50. The summed E-state index contributed by atoms with van der Waals surface area (Å²) in [5.74, 6) is 0. The highest BCUT2D eigenvalue weighted by Gasteiger charge is 1.93. The van der Waals surface area contributed by atoms with Crippen molar-refractivity contribution in [1.29, 1.82) is 0 Å². The Kier molecular flexibility index (Phi) is 4.11. The Morgan fingerprint density at radius 1 is 1.18 bits per heavy atom. The van der Waals surface area contributed by atoms with E-state index in [1.807, 2.05) is 30.5 Å². The predicted molar refractivity (Wildman–Crippen MR) is 68.7 cm³/mol. The number of rotatable bonds is 5. The summed E-state index contributed by atoms with van der Waals surface area (Å²) in [6.45, 7) is 3.15. The summed E-state index contributed by atoms with van der Waals surface area (Å²) < 4.78 is 5.50. The molecule has 17 heavy (non-hydrogen) atoms. The molecule has 3 heteroatoms. The van der Waals surface area contributed by atoms with E-state index in [0.717, 1.165) is 11.3 Å². The highest BCUT2D eigenvalue weighted by molar-refractivity contribution is 5.43. The molecule has 0 aliphatic carbocycles. The molecular weight excluding hydrogens is 212 g/mol. The zero-order valence-corrected chi connectivity index (χ0v) is 9.89. The Labute approximate surface area is 101 Å². The number of hydrogen-bond donors (Lipinski definition) is 1. The van der Waals surface area contributed by atoms with Crippen LogP contribution in [0.2, 0.25) is 0 Å². The van der Waals surface area contributed by atoms with Crippen molar-refractivity contribution in [1.82, 2.24) is 4.98 Å². The number of aryl methyl sites for hydroxylation is 1. The average molecular weight is 228 g/mol. The van der Waals surface area contributed by atoms with Crippen molar-refractivity contribution < 1.29 is 4.74 Å². The van der Waals surface area contributed by atoms with Crippen LogP contribution in [-0.4, -0.2) is 11.7 Å². The van der Waals surface area contributed by atoms with E-state index in [9.17, 15) is 0 Å². The second-order valence-corrected chi connectivity index (χ2v) is 3.90. The largest absolute Gasteiger partial charge is 0.363 e. The van der Waals surface area contributed by atoms with E-state index >= 15 is 0 Å². The van der Waals surface area contributed by atoms with Gasteiger partial charge in [0.2, 0.25) is 0 Å². The summed E-state index contributed by atoms with van der Waals surface area (Å²) in [7, 11) is 0. The number of hydrogen-bond acceptors (Lipinski definition) is 3. The maximum absolute atomic E-state index is 5.50. The number of nitrogens with zero attached hydrogens (tertiary/aromatic N) is 1. The molecule has 1 aromatic carbocycles. The molecular formula is C14H16N2O. The maximum Gasteiger partial charge on any atom is 0.116 e. The first-order valence-corrected chi connectivity index (χ1v) is 5.62. The number of anilines is 1. The minimum absolute atomic E-state index is 0.498. The van der Waals surface area contributed by atoms with Gasteiger partial charge >= 0.3 is 0 Å². The van der Waals surface area contributed by atoms with Crippen molar-refractivity contribution in [2.24, 2.45) is 0 Å². The lowest BCUT2D eigenvalue weighted by atomic mass is 10.2. The van der Waals surface area contributed by atoms with Gasteiger partial charge < -0.3 is 10.1 Å². The number of aromatic nitrogens is 1. The molecule has 1 N–H and O–H groups in total. The summed E-state index contributed by atoms with van der Waals surface area (Å²) in [4.78, 5) is 4.03. The highest BCUT2D eigenvalue weighted by Crippen LogP contribution is 2.08. The predicted octanol–water partition coefficient (Wildman–Crippen LogP) is 2.98. The molecule has 0 saturated heterocycles. The average Bonchev–Trinajstić information content (AvgIpc) is 2.38. The van der Waals surface area contributed by atoms with Gasteiger partial charge in [0.05, 0.1) is 6.61 Å². The van der Waals surface area contributed by atoms with Gasteiger partial charge in [0.25, 0.3) is 0 Å². The second-order valence-electron chi connectivity index (χ2n) is 3.90. The summed E-state index contributed by atoms with van der Waals surface area (Å²) in [5.41, 5.74) is 3.41. The lowest BCUT2D eigenvalue weighted by Gasteiger charge is -2.07. The molecule has 0 radical (unpaired) electrons. The Hall–Kier alpha value is -1.87. The Bertz CT molecular complexity index is 440. The van der Waals surface area contributed by atoms with Crippen LogP contribution in [0.5, 0.6) is 0 Å². The van der Waals surface area contributed by atoms with Crippen LogP contribution in [0, 0.1) is 6.92 Å². The van der Waals surface area contributed by atoms with Gasteiger partial charge in [-0.05, 0) is 30.7 Å². The van der Waals surface area contributed by atoms with Crippen LogP contribution in [0.4, 0.5) is 5.69 Å². The first-order valence-electron chi connectivity index (χ1n) is 5.62. The van der Waals surface area contributed by atoms with Gasteiger partial charge in [-0.1, -0.05) is 23.8 Å². The molecule has 0 atom stereocenters. The molecule has 0 amide bonds. The molecule has 0 saturated carbocycles. The minimum atomic E-state index is 0.498. The standard InChI is InChI=1S/C14H16N2O/c1-12-4-6-14(7-5-12)16-11-17-10-13-3-2-8-15-9-13/h2-9,16H,10-11H2,1H3. The highest BCUT2D eigenvalue weighted by atomic mass is 16.5. The first-order chi connectivity index (χ1) is 8.34. The topological polar surface area (TPSA) is 34.1 Å². The molecule has 0 bridgehead atoms. The molecule has 3 nitrogen and oxygen atoms in total. The molecule has 1 aromatic heterocycles. The Balaban J connectivity index is 1.71. The van der Waals surface area contributed by atoms with E-state index < -0.39 is 0 Å². The molecule has 0 spiro atoms. The molecule has 0 unspecified atom stereocenters. The smallest absolute Gasteiger partial charge is 0.116 e. The quantitative estimate of drug-likeness (QED) is 0.631. The Morgan fingerprint density at radius 2 is 2.00 bits per heavy atom. The number of ether oxygens (including phenoxy) is 1. The van der Waals surface area contributed by atoms with Crippen LogP contribution < -0.4 is 5.32 Å². The molecule has 1 heterocycles. The van der Waals surface area contributed by atoms with Crippen molar-refractivity contribution in [3.05, 3.63) is 59.9 Å². The van der Waals surface area contributed by atoms with Gasteiger partial charge in [0, 0.05) is 18.1 Å². The minimum Gasteiger partial charge on any atom is -0.363 e. The van der Waals surface area contributed by atoms with Crippen LogP contribution in [-0.2, 0) is 11.3 Å². The van der Waals surface area contributed by atoms with E-state index in [0.29, 0.717) is 13.3 Å². The van der Waals surface area contributed by atoms with Crippen molar-refractivity contribution >= 4 is 5.69 Å². The number of benzene rings is 1. The van der Waals surface area contributed by atoms with Crippen molar-refractivity contribution in [3.63, 3.8) is 0 Å². The molecule has 2 aromatic rings. The van der Waals surface area contributed by atoms with Gasteiger partial charge in [0.15, 0.2) is 0 Å². The van der Waals surface area contributed by atoms with E-state index in [1.165, 1.54) is 5.56 Å². The molecule has 0 aliphatic rings. The SMILES string of the molecule is Cc1ccc(NCOCc2cccnc2)cc1. The van der Waals surface area contributed by atoms with Crippen LogP contribution >= 0.6 is 0 Å². The zero-order chi connectivity index (χ0) is 11.9. The lowest BCUT2D eigenvalue weighted by molar-refractivity contribution is 0.138. The number of nitrogens with one attached hydrogen (secondary N) is 1. The fourth-order valence-electron chi connectivity index (χ4n) is 1.46. The van der Waals surface area contributed by atoms with Gasteiger partial charge in [-0.2, -0.15) is 0 Å². The third-order valence-electron chi connectivity index (χ3n) is 2.42. The Morgan fingerprint density at radius 3 is 2.71 bits per heavy atom. The lowest BCUT2D eigenvalue weighted by Crippen LogP contribution is -2.06. The van der Waals surface area contributed by atoms with Gasteiger partial charge in [-0.15, -0.1) is 0 Å². The van der Waals surface area contributed by atoms with Crippen LogP contribution in [0.1, 0.15) is 11.1 Å². The fourth-order valence-corrected chi connectivity index (χ4v) is 1.46. The zero-order valence-electron chi connectivity index (χ0n) is 9.89. The summed E-state index contributed by atoms with van der Waals surface area (Å²) in [6, 6.07) is 12.1. The summed E-state index contributed by atoms with van der Waals surface area (Å²) >= 11 is 0. The van der Waals surface area contributed by atoms with Crippen molar-refractivity contribution in [3.8, 4) is 0 Å². The molecule has 0 aliphatic heterocycles. The van der Waals surface area contributed by atoms with Gasteiger partial charge in [-0.25, -0.2) is 0 Å². The summed E-state index contributed by atoms with van der Waals surface area (Å²) in [6.07, 6.45) is 3.57. The number of pyridine rings is 1. The van der Waals surface area contributed by atoms with Crippen molar-refractivity contribution in [2.75, 3.05) is 12.0 Å². The van der Waals surface area contributed by atoms with Gasteiger partial charge in [0.1, 0.15) is 6.73 Å². The van der Waals surface area contributed by atoms with Gasteiger partial charge in [-0.3, -0.25) is 4.98 Å². The van der Waals surface area contributed by atoms with Crippen LogP contribution in [0.3, 0.4) is 0 Å². The van der Waals surface area contributed by atoms with Crippen LogP contribution in [0.15, 0.2) is 48.8 Å². The molecule has 2 rings (SSSR count). The van der Waals surface area contributed by atoms with E-state index in [4.69, 9.17) is 4.74 Å². The fraction of sp³-hybridized carbons (Fsp3) is 0.214. The summed E-state index contributed by atoms with van der Waals surface area (Å²) in [5, 5.41) is 3.20. The normalized spacial score (nSPS) is 10.2. The van der Waals surface area contributed by atoms with E-state index in [-0.39, 0.29) is 0 Å². The second kappa shape index (κ2) is 6.01.